The molecule has 1 aromatic carbocycles. The molecule has 4 heteroatoms. The minimum Gasteiger partial charge on any atom is -0.486 e. The van der Waals surface area contributed by atoms with Gasteiger partial charge < -0.3 is 14.3 Å². The molecule has 4 rings (SSSR count). The minimum absolute atomic E-state index is 0.304. The SMILES string of the molecule is CCCc1cc(=O)oc2c(C)c3c(cc12)C(O)CC1(CCC(C(C)(C)C)CC1)O3. The van der Waals surface area contributed by atoms with E-state index in [0.717, 1.165) is 66.4 Å². The van der Waals surface area contributed by atoms with Crippen molar-refractivity contribution < 1.29 is 14.3 Å². The molecule has 0 saturated heterocycles. The first-order valence-electron chi connectivity index (χ1n) is 11.1. The van der Waals surface area contributed by atoms with Crippen molar-refractivity contribution in [2.45, 2.75) is 91.3 Å². The van der Waals surface area contributed by atoms with Gasteiger partial charge in [0.1, 0.15) is 16.9 Å². The standard InChI is InChI=1S/C25H34O4/c1-6-7-16-12-21(27)28-22-15(2)23-19(13-18(16)22)20(26)14-25(29-23)10-8-17(9-11-25)24(3,4)5/h12-13,17,20,26H,6-11,14H2,1-5H3. The number of aryl methyl sites for hydroxylation is 2. The highest BCUT2D eigenvalue weighted by molar-refractivity contribution is 5.86. The monoisotopic (exact) mass is 398 g/mol. The van der Waals surface area contributed by atoms with Crippen molar-refractivity contribution in [1.82, 2.24) is 0 Å². The third kappa shape index (κ3) is 3.61. The molecule has 2 aromatic rings. The molecule has 1 unspecified atom stereocenters. The fraction of sp³-hybridized carbons (Fsp3) is 0.640. The van der Waals surface area contributed by atoms with Crippen LogP contribution < -0.4 is 10.4 Å². The summed E-state index contributed by atoms with van der Waals surface area (Å²) in [7, 11) is 0. The van der Waals surface area contributed by atoms with Crippen molar-refractivity contribution in [3.05, 3.63) is 39.2 Å². The average Bonchev–Trinajstić information content (AvgIpc) is 2.63. The van der Waals surface area contributed by atoms with Crippen LogP contribution in [-0.4, -0.2) is 10.7 Å². The van der Waals surface area contributed by atoms with Gasteiger partial charge in [0.2, 0.25) is 0 Å². The summed E-state index contributed by atoms with van der Waals surface area (Å²) < 4.78 is 12.2. The van der Waals surface area contributed by atoms with Crippen LogP contribution in [0.25, 0.3) is 11.0 Å². The molecule has 29 heavy (non-hydrogen) atoms. The van der Waals surface area contributed by atoms with E-state index in [1.807, 2.05) is 13.0 Å². The molecule has 1 spiro atoms. The van der Waals surface area contributed by atoms with E-state index in [-0.39, 0.29) is 11.2 Å². The fourth-order valence-corrected chi connectivity index (χ4v) is 5.42. The molecular formula is C25H34O4. The van der Waals surface area contributed by atoms with E-state index in [4.69, 9.17) is 9.15 Å². The third-order valence-corrected chi connectivity index (χ3v) is 7.21. The number of ether oxygens (including phenoxy) is 1. The Balaban J connectivity index is 1.75. The smallest absolute Gasteiger partial charge is 0.336 e. The van der Waals surface area contributed by atoms with E-state index in [1.54, 1.807) is 6.07 Å². The Labute approximate surface area is 173 Å². The van der Waals surface area contributed by atoms with Crippen LogP contribution in [0.4, 0.5) is 0 Å². The molecule has 1 atom stereocenters. The molecule has 2 heterocycles. The molecule has 0 radical (unpaired) electrons. The first kappa shape index (κ1) is 20.5. The number of fused-ring (bicyclic) bond motifs is 2. The van der Waals surface area contributed by atoms with Crippen LogP contribution in [0.2, 0.25) is 0 Å². The fourth-order valence-electron chi connectivity index (χ4n) is 5.42. The third-order valence-electron chi connectivity index (χ3n) is 7.21. The van der Waals surface area contributed by atoms with Crippen molar-refractivity contribution in [3.63, 3.8) is 0 Å². The van der Waals surface area contributed by atoms with Gasteiger partial charge in [-0.15, -0.1) is 0 Å². The van der Waals surface area contributed by atoms with Gasteiger partial charge >= 0.3 is 5.63 Å². The molecule has 0 bridgehead atoms. The number of aliphatic hydroxyl groups is 1. The van der Waals surface area contributed by atoms with Gasteiger partial charge in [0.15, 0.2) is 0 Å². The van der Waals surface area contributed by atoms with E-state index in [0.29, 0.717) is 23.3 Å². The summed E-state index contributed by atoms with van der Waals surface area (Å²) in [6, 6.07) is 3.58. The van der Waals surface area contributed by atoms with Gasteiger partial charge in [0, 0.05) is 29.0 Å². The maximum Gasteiger partial charge on any atom is 0.336 e. The summed E-state index contributed by atoms with van der Waals surface area (Å²) in [4.78, 5) is 12.1. The zero-order chi connectivity index (χ0) is 21.0. The van der Waals surface area contributed by atoms with Gasteiger partial charge in [-0.25, -0.2) is 4.79 Å². The summed E-state index contributed by atoms with van der Waals surface area (Å²) in [6.07, 6.45) is 6.02. The molecule has 1 saturated carbocycles. The van der Waals surface area contributed by atoms with Crippen molar-refractivity contribution in [2.75, 3.05) is 0 Å². The maximum absolute atomic E-state index is 12.1. The number of hydrogen-bond donors (Lipinski definition) is 1. The summed E-state index contributed by atoms with van der Waals surface area (Å²) in [5.74, 6) is 1.41. The minimum atomic E-state index is -0.547. The molecule has 0 amide bonds. The van der Waals surface area contributed by atoms with Gasteiger partial charge in [0.05, 0.1) is 6.10 Å². The van der Waals surface area contributed by atoms with Crippen LogP contribution in [0, 0.1) is 18.3 Å². The number of hydrogen-bond acceptors (Lipinski definition) is 4. The number of rotatable bonds is 2. The molecule has 1 N–H and O–H groups in total. The van der Waals surface area contributed by atoms with Gasteiger partial charge in [-0.2, -0.15) is 0 Å². The lowest BCUT2D eigenvalue weighted by Gasteiger charge is -2.47. The predicted octanol–water partition coefficient (Wildman–Crippen LogP) is 5.84. The van der Waals surface area contributed by atoms with Gasteiger partial charge in [-0.1, -0.05) is 34.1 Å². The highest BCUT2D eigenvalue weighted by Crippen LogP contribution is 2.51. The van der Waals surface area contributed by atoms with Crippen molar-refractivity contribution in [2.24, 2.45) is 11.3 Å². The van der Waals surface area contributed by atoms with E-state index in [9.17, 15) is 9.90 Å². The molecule has 2 aliphatic rings. The quantitative estimate of drug-likeness (QED) is 0.645. The predicted molar refractivity (Wildman–Crippen MR) is 116 cm³/mol. The summed E-state index contributed by atoms with van der Waals surface area (Å²) in [5.41, 5.74) is 2.94. The lowest BCUT2D eigenvalue weighted by atomic mass is 9.66. The molecule has 1 fully saturated rings. The van der Waals surface area contributed by atoms with Crippen LogP contribution in [0.5, 0.6) is 5.75 Å². The van der Waals surface area contributed by atoms with Crippen molar-refractivity contribution in [1.29, 1.82) is 0 Å². The highest BCUT2D eigenvalue weighted by atomic mass is 16.5. The first-order valence-corrected chi connectivity index (χ1v) is 11.1. The maximum atomic E-state index is 12.1. The Morgan fingerprint density at radius 1 is 1.21 bits per heavy atom. The van der Waals surface area contributed by atoms with Crippen LogP contribution in [0.1, 0.15) is 89.0 Å². The molecule has 1 aromatic heterocycles. The Morgan fingerprint density at radius 2 is 1.90 bits per heavy atom. The number of aliphatic hydroxyl groups excluding tert-OH is 1. The Bertz CT molecular complexity index is 971. The Kier molecular flexibility index (Phi) is 5.05. The average molecular weight is 399 g/mol. The van der Waals surface area contributed by atoms with Crippen LogP contribution in [0.15, 0.2) is 21.3 Å². The lowest BCUT2D eigenvalue weighted by Crippen LogP contribution is -2.45. The lowest BCUT2D eigenvalue weighted by molar-refractivity contribution is -0.0567. The van der Waals surface area contributed by atoms with Crippen molar-refractivity contribution >= 4 is 11.0 Å². The van der Waals surface area contributed by atoms with E-state index < -0.39 is 6.10 Å². The molecule has 1 aliphatic heterocycles. The zero-order valence-electron chi connectivity index (χ0n) is 18.4. The normalized spacial score (nSPS) is 27.1. The van der Waals surface area contributed by atoms with E-state index in [1.165, 1.54) is 0 Å². The van der Waals surface area contributed by atoms with Crippen LogP contribution >= 0.6 is 0 Å². The molecule has 4 nitrogen and oxygen atoms in total. The first-order chi connectivity index (χ1) is 13.6. The second kappa shape index (κ2) is 7.16. The second-order valence-corrected chi connectivity index (χ2v) is 10.3. The van der Waals surface area contributed by atoms with Crippen molar-refractivity contribution in [3.8, 4) is 5.75 Å². The van der Waals surface area contributed by atoms with Gasteiger partial charge in [-0.3, -0.25) is 0 Å². The molecule has 1 aliphatic carbocycles. The van der Waals surface area contributed by atoms with Crippen LogP contribution in [-0.2, 0) is 6.42 Å². The Hall–Kier alpha value is -1.81. The number of benzene rings is 1. The second-order valence-electron chi connectivity index (χ2n) is 10.3. The highest BCUT2D eigenvalue weighted by Gasteiger charge is 2.45. The van der Waals surface area contributed by atoms with E-state index >= 15 is 0 Å². The van der Waals surface area contributed by atoms with Gasteiger partial charge in [0.25, 0.3) is 0 Å². The molecule has 158 valence electrons. The summed E-state index contributed by atoms with van der Waals surface area (Å²) >= 11 is 0. The Morgan fingerprint density at radius 3 is 2.52 bits per heavy atom. The van der Waals surface area contributed by atoms with Crippen LogP contribution in [0.3, 0.4) is 0 Å². The topological polar surface area (TPSA) is 59.7 Å². The van der Waals surface area contributed by atoms with Gasteiger partial charge in [-0.05, 0) is 62.0 Å². The summed E-state index contributed by atoms with van der Waals surface area (Å²) in [5, 5.41) is 12.0. The molecular weight excluding hydrogens is 364 g/mol. The largest absolute Gasteiger partial charge is 0.486 e. The zero-order valence-corrected chi connectivity index (χ0v) is 18.4. The van der Waals surface area contributed by atoms with E-state index in [2.05, 4.69) is 27.7 Å². The summed E-state index contributed by atoms with van der Waals surface area (Å²) in [6.45, 7) is 11.0.